The minimum absolute atomic E-state index is 0.197. The van der Waals surface area contributed by atoms with E-state index in [4.69, 9.17) is 4.42 Å². The number of rotatable bonds is 1. The number of nitrogens with zero attached hydrogens (tertiary/aromatic N) is 1. The third-order valence-electron chi connectivity index (χ3n) is 3.09. The number of piperidine rings is 1. The molecule has 1 fully saturated rings. The molecule has 1 aromatic heterocycles. The Morgan fingerprint density at radius 1 is 1.29 bits per heavy atom. The first kappa shape index (κ1) is 10.7. The maximum absolute atomic E-state index is 13.0. The van der Waals surface area contributed by atoms with E-state index in [2.05, 4.69) is 10.3 Å². The molecule has 1 aliphatic heterocycles. The summed E-state index contributed by atoms with van der Waals surface area (Å²) >= 11 is 0. The lowest BCUT2D eigenvalue weighted by atomic mass is 10.00. The van der Waals surface area contributed by atoms with Crippen molar-refractivity contribution in [2.45, 2.75) is 18.8 Å². The standard InChI is InChI=1S/C12H12F2N2O/c13-8-4-10-11(5-9(8)14)17-12(16-10)7-2-1-3-15-6-7/h4-5,7,15H,1-3,6H2. The Morgan fingerprint density at radius 2 is 2.12 bits per heavy atom. The molecule has 1 N–H and O–H groups in total. The van der Waals surface area contributed by atoms with E-state index in [0.29, 0.717) is 17.0 Å². The van der Waals surface area contributed by atoms with Crippen LogP contribution in [0.25, 0.3) is 11.1 Å². The second-order valence-electron chi connectivity index (χ2n) is 4.33. The monoisotopic (exact) mass is 238 g/mol. The molecule has 3 nitrogen and oxygen atoms in total. The highest BCUT2D eigenvalue weighted by Gasteiger charge is 2.21. The first-order chi connectivity index (χ1) is 8.24. The van der Waals surface area contributed by atoms with Crippen LogP contribution >= 0.6 is 0 Å². The number of oxazole rings is 1. The lowest BCUT2D eigenvalue weighted by Gasteiger charge is -2.19. The number of halogens is 2. The number of benzene rings is 1. The number of aromatic nitrogens is 1. The van der Waals surface area contributed by atoms with Crippen molar-refractivity contribution >= 4 is 11.1 Å². The number of hydrogen-bond acceptors (Lipinski definition) is 3. The Morgan fingerprint density at radius 3 is 2.88 bits per heavy atom. The van der Waals surface area contributed by atoms with Crippen LogP contribution in [0, 0.1) is 11.6 Å². The topological polar surface area (TPSA) is 38.1 Å². The van der Waals surface area contributed by atoms with E-state index in [1.54, 1.807) is 0 Å². The van der Waals surface area contributed by atoms with Gasteiger partial charge in [0, 0.05) is 24.6 Å². The van der Waals surface area contributed by atoms with Gasteiger partial charge in [-0.15, -0.1) is 0 Å². The molecular formula is C12H12F2N2O. The average molecular weight is 238 g/mol. The Hall–Kier alpha value is -1.49. The lowest BCUT2D eigenvalue weighted by molar-refractivity contribution is 0.387. The molecule has 3 rings (SSSR count). The molecule has 1 aliphatic rings. The molecule has 2 aromatic rings. The number of nitrogens with one attached hydrogen (secondary N) is 1. The van der Waals surface area contributed by atoms with E-state index >= 15 is 0 Å². The van der Waals surface area contributed by atoms with Gasteiger partial charge in [-0.3, -0.25) is 0 Å². The smallest absolute Gasteiger partial charge is 0.199 e. The summed E-state index contributed by atoms with van der Waals surface area (Å²) in [6.45, 7) is 1.80. The zero-order valence-corrected chi connectivity index (χ0v) is 9.17. The van der Waals surface area contributed by atoms with Gasteiger partial charge >= 0.3 is 0 Å². The van der Waals surface area contributed by atoms with Gasteiger partial charge in [-0.2, -0.15) is 0 Å². The van der Waals surface area contributed by atoms with Gasteiger partial charge in [0.05, 0.1) is 0 Å². The minimum Gasteiger partial charge on any atom is -0.440 e. The molecule has 0 radical (unpaired) electrons. The highest BCUT2D eigenvalue weighted by Crippen LogP contribution is 2.27. The van der Waals surface area contributed by atoms with Crippen molar-refractivity contribution in [1.82, 2.24) is 10.3 Å². The van der Waals surface area contributed by atoms with Crippen LogP contribution in [-0.2, 0) is 0 Å². The maximum atomic E-state index is 13.0. The van der Waals surface area contributed by atoms with Crippen molar-refractivity contribution < 1.29 is 13.2 Å². The van der Waals surface area contributed by atoms with Gasteiger partial charge in [-0.05, 0) is 19.4 Å². The van der Waals surface area contributed by atoms with Gasteiger partial charge in [0.15, 0.2) is 23.1 Å². The van der Waals surface area contributed by atoms with E-state index in [9.17, 15) is 8.78 Å². The predicted octanol–water partition coefficient (Wildman–Crippen LogP) is 2.57. The molecule has 2 heterocycles. The van der Waals surface area contributed by atoms with Gasteiger partial charge in [-0.25, -0.2) is 13.8 Å². The molecule has 1 atom stereocenters. The molecule has 5 heteroatoms. The van der Waals surface area contributed by atoms with E-state index in [0.717, 1.165) is 38.1 Å². The van der Waals surface area contributed by atoms with Gasteiger partial charge in [0.1, 0.15) is 5.52 Å². The van der Waals surface area contributed by atoms with Crippen LogP contribution in [0.1, 0.15) is 24.7 Å². The molecule has 1 unspecified atom stereocenters. The van der Waals surface area contributed by atoms with Crippen molar-refractivity contribution in [3.8, 4) is 0 Å². The van der Waals surface area contributed by atoms with Crippen LogP contribution in [0.4, 0.5) is 8.78 Å². The second-order valence-corrected chi connectivity index (χ2v) is 4.33. The fourth-order valence-corrected chi connectivity index (χ4v) is 2.18. The summed E-state index contributed by atoms with van der Waals surface area (Å²) in [5, 5.41) is 3.25. The van der Waals surface area contributed by atoms with E-state index in [1.165, 1.54) is 0 Å². The SMILES string of the molecule is Fc1cc2nc(C3CCCNC3)oc2cc1F. The molecule has 90 valence electrons. The zero-order valence-electron chi connectivity index (χ0n) is 9.17. The summed E-state index contributed by atoms with van der Waals surface area (Å²) in [5.41, 5.74) is 0.689. The Labute approximate surface area is 96.8 Å². The number of hydrogen-bond donors (Lipinski definition) is 1. The zero-order chi connectivity index (χ0) is 11.8. The van der Waals surface area contributed by atoms with Crippen LogP contribution in [0.2, 0.25) is 0 Å². The van der Waals surface area contributed by atoms with Crippen molar-refractivity contribution in [2.75, 3.05) is 13.1 Å². The van der Waals surface area contributed by atoms with Crippen LogP contribution in [0.3, 0.4) is 0 Å². The fraction of sp³-hybridized carbons (Fsp3) is 0.417. The minimum atomic E-state index is -0.901. The molecule has 0 bridgehead atoms. The molecule has 1 saturated heterocycles. The highest BCUT2D eigenvalue weighted by molar-refractivity contribution is 5.72. The van der Waals surface area contributed by atoms with Crippen LogP contribution in [0.5, 0.6) is 0 Å². The summed E-state index contributed by atoms with van der Waals surface area (Å²) in [7, 11) is 0. The van der Waals surface area contributed by atoms with Crippen molar-refractivity contribution in [3.05, 3.63) is 29.7 Å². The second kappa shape index (κ2) is 4.07. The van der Waals surface area contributed by atoms with Crippen molar-refractivity contribution in [3.63, 3.8) is 0 Å². The van der Waals surface area contributed by atoms with Crippen LogP contribution in [0.15, 0.2) is 16.5 Å². The Kier molecular flexibility index (Phi) is 2.55. The first-order valence-corrected chi connectivity index (χ1v) is 5.70. The summed E-state index contributed by atoms with van der Waals surface area (Å²) in [4.78, 5) is 4.22. The molecular weight excluding hydrogens is 226 g/mol. The summed E-state index contributed by atoms with van der Waals surface area (Å²) < 4.78 is 31.5. The third-order valence-corrected chi connectivity index (χ3v) is 3.09. The average Bonchev–Trinajstić information content (AvgIpc) is 2.74. The quantitative estimate of drug-likeness (QED) is 0.829. The summed E-state index contributed by atoms with van der Waals surface area (Å²) in [5.74, 6) is -1.03. The largest absolute Gasteiger partial charge is 0.440 e. The van der Waals surface area contributed by atoms with Gasteiger partial charge < -0.3 is 9.73 Å². The molecule has 0 spiro atoms. The lowest BCUT2D eigenvalue weighted by Crippen LogP contribution is -2.28. The fourth-order valence-electron chi connectivity index (χ4n) is 2.18. The van der Waals surface area contributed by atoms with Crippen molar-refractivity contribution in [1.29, 1.82) is 0 Å². The van der Waals surface area contributed by atoms with Gasteiger partial charge in [-0.1, -0.05) is 0 Å². The van der Waals surface area contributed by atoms with E-state index in [1.807, 2.05) is 0 Å². The summed E-state index contributed by atoms with van der Waals surface area (Å²) in [6, 6.07) is 2.13. The van der Waals surface area contributed by atoms with Gasteiger partial charge in [0.2, 0.25) is 0 Å². The Balaban J connectivity index is 2.00. The molecule has 1 aromatic carbocycles. The van der Waals surface area contributed by atoms with Gasteiger partial charge in [0.25, 0.3) is 0 Å². The predicted molar refractivity (Wildman–Crippen MR) is 58.8 cm³/mol. The molecule has 0 aliphatic carbocycles. The molecule has 0 amide bonds. The Bertz CT molecular complexity index is 508. The normalized spacial score (nSPS) is 20.9. The third kappa shape index (κ3) is 1.91. The maximum Gasteiger partial charge on any atom is 0.199 e. The van der Waals surface area contributed by atoms with Crippen molar-refractivity contribution in [2.24, 2.45) is 0 Å². The van der Waals surface area contributed by atoms with Crippen LogP contribution < -0.4 is 5.32 Å². The van der Waals surface area contributed by atoms with E-state index < -0.39 is 11.6 Å². The first-order valence-electron chi connectivity index (χ1n) is 5.70. The number of fused-ring (bicyclic) bond motifs is 1. The highest BCUT2D eigenvalue weighted by atomic mass is 19.2. The van der Waals surface area contributed by atoms with E-state index in [-0.39, 0.29) is 5.92 Å². The molecule has 0 saturated carbocycles. The summed E-state index contributed by atoms with van der Waals surface area (Å²) in [6.07, 6.45) is 2.05. The van der Waals surface area contributed by atoms with Crippen LogP contribution in [-0.4, -0.2) is 18.1 Å². The molecule has 17 heavy (non-hydrogen) atoms.